The third-order valence-electron chi connectivity index (χ3n) is 8.96. The number of rotatable bonds is 20. The Morgan fingerprint density at radius 3 is 1.21 bits per heavy atom. The second-order valence-corrected chi connectivity index (χ2v) is 33.3. The fourth-order valence-electron chi connectivity index (χ4n) is 5.49. The van der Waals surface area contributed by atoms with Gasteiger partial charge in [-0.2, -0.15) is 0 Å². The number of ether oxygens (including phenoxy) is 2. The van der Waals surface area contributed by atoms with Crippen molar-refractivity contribution < 1.29 is 9.47 Å². The first-order valence-electron chi connectivity index (χ1n) is 17.8. The first kappa shape index (κ1) is 48.6. The Labute approximate surface area is 325 Å². The molecule has 0 aliphatic rings. The molecule has 53 heavy (non-hydrogen) atoms. The largest absolute Gasteiger partial charge is 0.496 e. The van der Waals surface area contributed by atoms with E-state index in [9.17, 15) is 0 Å². The van der Waals surface area contributed by atoms with Crippen molar-refractivity contribution >= 4 is 37.1 Å². The Balaban J connectivity index is 2.69. The molecule has 0 saturated heterocycles. The molecule has 0 aliphatic heterocycles. The van der Waals surface area contributed by atoms with Crippen molar-refractivity contribution in [1.29, 1.82) is 0 Å². The van der Waals surface area contributed by atoms with Crippen LogP contribution in [-0.2, 0) is 29.2 Å². The Bertz CT molecular complexity index is 1580. The summed E-state index contributed by atoms with van der Waals surface area (Å²) in [4.78, 5) is 0. The van der Waals surface area contributed by atoms with Gasteiger partial charge in [0, 0.05) is 26.9 Å². The summed E-state index contributed by atoms with van der Waals surface area (Å²) < 4.78 is 51.3. The van der Waals surface area contributed by atoms with Gasteiger partial charge in [-0.05, 0) is 142 Å². The highest BCUT2D eigenvalue weighted by atomic mass is 31.3. The minimum Gasteiger partial charge on any atom is -0.374 e. The maximum atomic E-state index is 6.07. The number of nitrogens with zero attached hydrogens (tertiary/aromatic N) is 11. The Morgan fingerprint density at radius 2 is 0.849 bits per heavy atom. The molecule has 0 unspecified atom stereocenters. The highest BCUT2D eigenvalue weighted by molar-refractivity contribution is 7.88. The van der Waals surface area contributed by atoms with E-state index in [0.29, 0.717) is 33.0 Å². The van der Waals surface area contributed by atoms with E-state index in [2.05, 4.69) is 194 Å². The molecule has 0 heterocycles. The third kappa shape index (κ3) is 13.5. The van der Waals surface area contributed by atoms with Gasteiger partial charge < -0.3 is 9.47 Å². The average molecular weight is 835 g/mol. The van der Waals surface area contributed by atoms with Crippen molar-refractivity contribution in [2.75, 3.05) is 138 Å². The molecule has 0 spiro atoms. The van der Waals surface area contributed by atoms with E-state index in [0.717, 1.165) is 5.56 Å². The van der Waals surface area contributed by atoms with Crippen LogP contribution < -0.4 is 0 Å². The molecule has 304 valence electrons. The molecular weight excluding hydrogens is 761 g/mol. The molecule has 0 atom stereocenters. The normalized spacial score (nSPS) is 13.7. The van der Waals surface area contributed by atoms with Crippen molar-refractivity contribution in [2.24, 2.45) is 18.1 Å². The van der Waals surface area contributed by atoms with Gasteiger partial charge in [0.15, 0.2) is 0 Å². The molecule has 0 N–H and O–H groups in total. The molecule has 0 aromatic heterocycles. The van der Waals surface area contributed by atoms with Crippen LogP contribution in [0.3, 0.4) is 0 Å². The van der Waals surface area contributed by atoms with E-state index in [-0.39, 0.29) is 0 Å². The van der Waals surface area contributed by atoms with Crippen LogP contribution in [-0.4, -0.2) is 171 Å². The van der Waals surface area contributed by atoms with E-state index in [1.807, 2.05) is 18.2 Å². The van der Waals surface area contributed by atoms with E-state index in [1.54, 1.807) is 0 Å². The van der Waals surface area contributed by atoms with Crippen molar-refractivity contribution in [1.82, 2.24) is 32.7 Å². The Hall–Kier alpha value is -0.570. The van der Waals surface area contributed by atoms with Gasteiger partial charge in [-0.3, -0.25) is 18.7 Å². The highest BCUT2D eigenvalue weighted by Crippen LogP contribution is 2.84. The smallest absolute Gasteiger partial charge is 0.374 e. The van der Waals surface area contributed by atoms with Gasteiger partial charge in [-0.25, -0.2) is 14.0 Å². The molecule has 2 aromatic rings. The SMILES string of the molecule is CN(C)P(C)(=N[P+](N=P(C)(C)C)(N=P(C)(N(C)C)N(C)C)N=P(N(C)C)(N(C)C)N(C)Cc1ccc(COCCOCc2ccccc2)cc1)N(C)C. The monoisotopic (exact) mass is 834 g/mol. The van der Waals surface area contributed by atoms with Crippen molar-refractivity contribution in [3.8, 4) is 0 Å². The van der Waals surface area contributed by atoms with Crippen LogP contribution in [0.4, 0.5) is 0 Å². The summed E-state index contributed by atoms with van der Waals surface area (Å²) in [5.74, 6) is 0. The molecule has 13 nitrogen and oxygen atoms in total. The fraction of sp³-hybridized carbons (Fsp3) is 0.657. The van der Waals surface area contributed by atoms with E-state index >= 15 is 0 Å². The van der Waals surface area contributed by atoms with Gasteiger partial charge in [0.2, 0.25) is 7.51 Å². The lowest BCUT2D eigenvalue weighted by Gasteiger charge is -2.42. The summed E-state index contributed by atoms with van der Waals surface area (Å²) in [6.07, 6.45) is 0. The van der Waals surface area contributed by atoms with E-state index in [4.69, 9.17) is 27.5 Å². The summed E-state index contributed by atoms with van der Waals surface area (Å²) in [6.45, 7) is 14.2. The second kappa shape index (κ2) is 20.7. The quantitative estimate of drug-likeness (QED) is 0.0957. The molecule has 0 amide bonds. The van der Waals surface area contributed by atoms with Crippen LogP contribution >= 0.6 is 37.1 Å². The number of hydrogen-bond donors (Lipinski definition) is 0. The standard InChI is InChI=1S/C35H73N11O2P5/c1-40(2)50(17,41(3)4)37-52(36-49(14,15)16,38-51(18,42(5)6)43(7)8)39-53(44(9)10,45(11)12)46(13)30-33-24-26-35(27-25-33)32-48-29-28-47-31-34-22-20-19-21-23-34/h19-27H,28-32H2,1-18H3/q+1. The zero-order valence-electron chi connectivity index (χ0n) is 36.2. The maximum absolute atomic E-state index is 6.07. The van der Waals surface area contributed by atoms with Crippen molar-refractivity contribution in [3.63, 3.8) is 0 Å². The van der Waals surface area contributed by atoms with Gasteiger partial charge in [0.1, 0.15) is 14.7 Å². The van der Waals surface area contributed by atoms with E-state index in [1.165, 1.54) is 11.1 Å². The maximum Gasteiger partial charge on any atom is 0.496 e. The van der Waals surface area contributed by atoms with Gasteiger partial charge >= 0.3 is 7.87 Å². The van der Waals surface area contributed by atoms with E-state index < -0.39 is 37.1 Å². The van der Waals surface area contributed by atoms with Crippen molar-refractivity contribution in [3.05, 3.63) is 71.3 Å². The summed E-state index contributed by atoms with van der Waals surface area (Å²) in [6, 6.07) is 18.9. The zero-order valence-corrected chi connectivity index (χ0v) is 40.7. The number of benzene rings is 2. The topological polar surface area (TPSA) is 90.6 Å². The first-order chi connectivity index (χ1) is 24.4. The van der Waals surface area contributed by atoms with Crippen LogP contribution in [0.5, 0.6) is 0 Å². The Kier molecular flexibility index (Phi) is 19.0. The van der Waals surface area contributed by atoms with Crippen LogP contribution in [0, 0.1) is 0 Å². The minimum atomic E-state index is -3.13. The summed E-state index contributed by atoms with van der Waals surface area (Å²) >= 11 is 0. The van der Waals surface area contributed by atoms with Crippen LogP contribution in [0.25, 0.3) is 0 Å². The molecule has 0 bridgehead atoms. The van der Waals surface area contributed by atoms with Crippen molar-refractivity contribution in [2.45, 2.75) is 19.8 Å². The summed E-state index contributed by atoms with van der Waals surface area (Å²) in [5.41, 5.74) is 3.50. The van der Waals surface area contributed by atoms with Crippen LogP contribution in [0.15, 0.2) is 72.7 Å². The number of hydrogen-bond acceptors (Lipinski definition) is 6. The Morgan fingerprint density at radius 1 is 0.472 bits per heavy atom. The lowest BCUT2D eigenvalue weighted by atomic mass is 10.1. The molecule has 0 aliphatic carbocycles. The van der Waals surface area contributed by atoms with Crippen LogP contribution in [0.1, 0.15) is 16.7 Å². The second-order valence-electron chi connectivity index (χ2n) is 15.4. The van der Waals surface area contributed by atoms with Gasteiger partial charge in [-0.1, -0.05) is 59.1 Å². The predicted molar refractivity (Wildman–Crippen MR) is 240 cm³/mol. The fourth-order valence-corrected chi connectivity index (χ4v) is 24.2. The zero-order chi connectivity index (χ0) is 40.4. The first-order valence-corrected chi connectivity index (χ1v) is 28.3. The van der Waals surface area contributed by atoms with Gasteiger partial charge in [-0.15, -0.1) is 0 Å². The molecule has 2 rings (SSSR count). The summed E-state index contributed by atoms with van der Waals surface area (Å²) in [5, 5.41) is 0. The predicted octanol–water partition coefficient (Wildman–Crippen LogP) is 9.26. The molecule has 2 aromatic carbocycles. The lowest BCUT2D eigenvalue weighted by molar-refractivity contribution is 0.0339. The lowest BCUT2D eigenvalue weighted by Crippen LogP contribution is -2.32. The van der Waals surface area contributed by atoms with Gasteiger partial charge in [0.25, 0.3) is 0 Å². The third-order valence-corrected chi connectivity index (χ3v) is 27.9. The molecular formula is C35H73N11O2P5+. The summed E-state index contributed by atoms with van der Waals surface area (Å²) in [7, 11) is 15.6. The molecule has 18 heteroatoms. The molecule has 0 fully saturated rings. The molecule has 0 radical (unpaired) electrons. The minimum absolute atomic E-state index is 0.541. The van der Waals surface area contributed by atoms with Gasteiger partial charge in [0.05, 0.1) is 26.4 Å². The average Bonchev–Trinajstić information content (AvgIpc) is 3.04. The molecule has 0 saturated carbocycles. The highest BCUT2D eigenvalue weighted by Gasteiger charge is 2.52. The van der Waals surface area contributed by atoms with Crippen LogP contribution in [0.2, 0.25) is 0 Å².